The van der Waals surface area contributed by atoms with Crippen LogP contribution in [0.1, 0.15) is 59.8 Å². The molecule has 120 valence electrons. The van der Waals surface area contributed by atoms with Crippen LogP contribution in [0.5, 0.6) is 0 Å². The molecule has 3 nitrogen and oxygen atoms in total. The van der Waals surface area contributed by atoms with Crippen molar-refractivity contribution in [3.63, 3.8) is 0 Å². The highest BCUT2D eigenvalue weighted by molar-refractivity contribution is 4.90. The van der Waals surface area contributed by atoms with Gasteiger partial charge in [0.05, 0.1) is 0 Å². The Labute approximate surface area is 126 Å². The molecule has 0 heterocycles. The molecule has 0 atom stereocenters. The van der Waals surface area contributed by atoms with Crippen LogP contribution in [0.15, 0.2) is 0 Å². The van der Waals surface area contributed by atoms with Crippen molar-refractivity contribution < 1.29 is 5.11 Å². The van der Waals surface area contributed by atoms with Gasteiger partial charge in [0.15, 0.2) is 0 Å². The van der Waals surface area contributed by atoms with E-state index in [-0.39, 0.29) is 0 Å². The summed E-state index contributed by atoms with van der Waals surface area (Å²) in [6.07, 6.45) is 6.39. The van der Waals surface area contributed by atoms with Gasteiger partial charge >= 0.3 is 0 Å². The van der Waals surface area contributed by atoms with E-state index < -0.39 is 0 Å². The summed E-state index contributed by atoms with van der Waals surface area (Å²) in [5.41, 5.74) is 0.467. The minimum absolute atomic E-state index is 0.307. The Balaban J connectivity index is 2.54. The number of aliphatic hydroxyl groups excluding tert-OH is 1. The molecule has 20 heavy (non-hydrogen) atoms. The summed E-state index contributed by atoms with van der Waals surface area (Å²) in [5, 5.41) is 12.8. The zero-order valence-corrected chi connectivity index (χ0v) is 14.1. The van der Waals surface area contributed by atoms with Crippen molar-refractivity contribution in [3.8, 4) is 0 Å². The van der Waals surface area contributed by atoms with Gasteiger partial charge in [0, 0.05) is 32.3 Å². The van der Waals surface area contributed by atoms with E-state index in [1.165, 1.54) is 32.2 Å². The Bertz CT molecular complexity index is 247. The molecule has 1 saturated carbocycles. The Morgan fingerprint density at radius 3 is 2.30 bits per heavy atom. The van der Waals surface area contributed by atoms with E-state index in [0.29, 0.717) is 18.1 Å². The Kier molecular flexibility index (Phi) is 8.08. The first-order valence-corrected chi connectivity index (χ1v) is 8.55. The molecule has 0 radical (unpaired) electrons. The molecule has 0 spiro atoms. The summed E-state index contributed by atoms with van der Waals surface area (Å²) in [5.74, 6) is 0.726. The van der Waals surface area contributed by atoms with E-state index in [9.17, 15) is 0 Å². The molecule has 0 bridgehead atoms. The summed E-state index contributed by atoms with van der Waals surface area (Å²) >= 11 is 0. The molecule has 1 fully saturated rings. The largest absolute Gasteiger partial charge is 0.396 e. The maximum atomic E-state index is 9.09. The SMILES string of the molecule is CC(C)CNCC1(CN(CCCO)C(C)C)CCCC1. The fraction of sp³-hybridized carbons (Fsp3) is 1.00. The van der Waals surface area contributed by atoms with Crippen LogP contribution in [0, 0.1) is 11.3 Å². The summed E-state index contributed by atoms with van der Waals surface area (Å²) < 4.78 is 0. The Morgan fingerprint density at radius 2 is 1.80 bits per heavy atom. The number of rotatable bonds is 10. The molecule has 2 N–H and O–H groups in total. The van der Waals surface area contributed by atoms with Gasteiger partial charge in [0.25, 0.3) is 0 Å². The number of hydrogen-bond acceptors (Lipinski definition) is 3. The molecule has 3 heteroatoms. The van der Waals surface area contributed by atoms with Gasteiger partial charge in [-0.1, -0.05) is 26.7 Å². The zero-order valence-electron chi connectivity index (χ0n) is 14.1. The highest BCUT2D eigenvalue weighted by Gasteiger charge is 2.35. The zero-order chi connectivity index (χ0) is 15.0. The van der Waals surface area contributed by atoms with Gasteiger partial charge in [0.2, 0.25) is 0 Å². The van der Waals surface area contributed by atoms with E-state index in [1.807, 2.05) is 0 Å². The maximum Gasteiger partial charge on any atom is 0.0443 e. The van der Waals surface area contributed by atoms with E-state index in [4.69, 9.17) is 5.11 Å². The second kappa shape index (κ2) is 9.01. The number of nitrogens with one attached hydrogen (secondary N) is 1. The maximum absolute atomic E-state index is 9.09. The van der Waals surface area contributed by atoms with E-state index >= 15 is 0 Å². The second-order valence-electron chi connectivity index (χ2n) is 7.37. The van der Waals surface area contributed by atoms with Crippen molar-refractivity contribution in [2.24, 2.45) is 11.3 Å². The van der Waals surface area contributed by atoms with Crippen molar-refractivity contribution in [1.82, 2.24) is 10.2 Å². The average Bonchev–Trinajstić information content (AvgIpc) is 2.82. The van der Waals surface area contributed by atoms with Crippen molar-refractivity contribution in [2.75, 3.05) is 32.8 Å². The fourth-order valence-corrected chi connectivity index (χ4v) is 3.37. The molecule has 0 unspecified atom stereocenters. The molecule has 1 aliphatic rings. The van der Waals surface area contributed by atoms with Gasteiger partial charge in [-0.3, -0.25) is 0 Å². The van der Waals surface area contributed by atoms with Crippen LogP contribution in [-0.2, 0) is 0 Å². The van der Waals surface area contributed by atoms with E-state index in [0.717, 1.165) is 32.0 Å². The average molecular weight is 284 g/mol. The lowest BCUT2D eigenvalue weighted by atomic mass is 9.84. The van der Waals surface area contributed by atoms with Crippen LogP contribution in [-0.4, -0.2) is 48.8 Å². The van der Waals surface area contributed by atoms with Crippen molar-refractivity contribution >= 4 is 0 Å². The molecular weight excluding hydrogens is 248 g/mol. The lowest BCUT2D eigenvalue weighted by Gasteiger charge is -2.38. The third-order valence-electron chi connectivity index (χ3n) is 4.59. The molecule has 0 aromatic heterocycles. The summed E-state index contributed by atoms with van der Waals surface area (Å²) in [4.78, 5) is 2.57. The Hall–Kier alpha value is -0.120. The summed E-state index contributed by atoms with van der Waals surface area (Å²) in [6, 6.07) is 0.573. The fourth-order valence-electron chi connectivity index (χ4n) is 3.37. The van der Waals surface area contributed by atoms with Crippen LogP contribution in [0.4, 0.5) is 0 Å². The minimum atomic E-state index is 0.307. The molecule has 0 aromatic carbocycles. The lowest BCUT2D eigenvalue weighted by molar-refractivity contribution is 0.112. The first kappa shape index (κ1) is 17.9. The third kappa shape index (κ3) is 6.11. The smallest absolute Gasteiger partial charge is 0.0443 e. The van der Waals surface area contributed by atoms with Crippen molar-refractivity contribution in [2.45, 2.75) is 65.8 Å². The van der Waals surface area contributed by atoms with Gasteiger partial charge in [0.1, 0.15) is 0 Å². The molecule has 0 aliphatic heterocycles. The lowest BCUT2D eigenvalue weighted by Crippen LogP contribution is -2.46. The highest BCUT2D eigenvalue weighted by Crippen LogP contribution is 2.38. The predicted molar refractivity (Wildman–Crippen MR) is 87.0 cm³/mol. The van der Waals surface area contributed by atoms with E-state index in [1.54, 1.807) is 0 Å². The topological polar surface area (TPSA) is 35.5 Å². The summed E-state index contributed by atoms with van der Waals surface area (Å²) in [6.45, 7) is 13.9. The van der Waals surface area contributed by atoms with Crippen LogP contribution < -0.4 is 5.32 Å². The second-order valence-corrected chi connectivity index (χ2v) is 7.37. The molecule has 0 saturated heterocycles. The number of aliphatic hydroxyl groups is 1. The minimum Gasteiger partial charge on any atom is -0.396 e. The standard InChI is InChI=1S/C17H36N2O/c1-15(2)12-18-13-17(8-5-6-9-17)14-19(16(3)4)10-7-11-20/h15-16,18,20H,5-14H2,1-4H3. The van der Waals surface area contributed by atoms with Crippen LogP contribution >= 0.6 is 0 Å². The molecule has 0 aromatic rings. The third-order valence-corrected chi connectivity index (χ3v) is 4.59. The highest BCUT2D eigenvalue weighted by atomic mass is 16.3. The van der Waals surface area contributed by atoms with Crippen molar-refractivity contribution in [1.29, 1.82) is 0 Å². The van der Waals surface area contributed by atoms with Crippen molar-refractivity contribution in [3.05, 3.63) is 0 Å². The van der Waals surface area contributed by atoms with Crippen LogP contribution in [0.2, 0.25) is 0 Å². The number of nitrogens with zero attached hydrogens (tertiary/aromatic N) is 1. The Morgan fingerprint density at radius 1 is 1.15 bits per heavy atom. The van der Waals surface area contributed by atoms with Gasteiger partial charge in [-0.2, -0.15) is 0 Å². The first-order chi connectivity index (χ1) is 9.49. The quantitative estimate of drug-likeness (QED) is 0.647. The first-order valence-electron chi connectivity index (χ1n) is 8.55. The monoisotopic (exact) mass is 284 g/mol. The van der Waals surface area contributed by atoms with Gasteiger partial charge in [-0.25, -0.2) is 0 Å². The van der Waals surface area contributed by atoms with Gasteiger partial charge in [-0.05, 0) is 51.0 Å². The van der Waals surface area contributed by atoms with Gasteiger partial charge < -0.3 is 15.3 Å². The molecule has 1 rings (SSSR count). The predicted octanol–water partition coefficient (Wildman–Crippen LogP) is 2.89. The van der Waals surface area contributed by atoms with Crippen LogP contribution in [0.25, 0.3) is 0 Å². The summed E-state index contributed by atoms with van der Waals surface area (Å²) in [7, 11) is 0. The molecular formula is C17H36N2O. The molecule has 1 aliphatic carbocycles. The number of hydrogen-bond donors (Lipinski definition) is 2. The normalized spacial score (nSPS) is 18.6. The van der Waals surface area contributed by atoms with Gasteiger partial charge in [-0.15, -0.1) is 0 Å². The van der Waals surface area contributed by atoms with Crippen LogP contribution in [0.3, 0.4) is 0 Å². The van der Waals surface area contributed by atoms with E-state index in [2.05, 4.69) is 37.9 Å². The molecule has 0 amide bonds.